The van der Waals surface area contributed by atoms with Crippen molar-refractivity contribution in [3.8, 4) is 0 Å². The number of allylic oxidation sites excluding steroid dienone is 1. The molecule has 0 aromatic rings. The molecule has 3 fully saturated rings. The molecule has 11 heteroatoms. The third-order valence-corrected chi connectivity index (χ3v) is 11.7. The molecule has 0 saturated heterocycles. The van der Waals surface area contributed by atoms with Crippen LogP contribution in [-0.2, 0) is 29.2 Å². The Morgan fingerprint density at radius 1 is 1.03 bits per heavy atom. The maximum absolute atomic E-state index is 11.5. The Hall–Kier alpha value is -0.560. The van der Waals surface area contributed by atoms with E-state index in [9.17, 15) is 31.0 Å². The molecule has 0 aromatic carbocycles. The van der Waals surface area contributed by atoms with Crippen molar-refractivity contribution in [1.29, 1.82) is 0 Å². The Balaban J connectivity index is 1.55. The molecule has 38 heavy (non-hydrogen) atoms. The maximum atomic E-state index is 11.5. The highest BCUT2D eigenvalue weighted by Gasteiger charge is 2.60. The standard InChI is InChI=1S/C27H46O9S2/c1-17(2)6-5-7-18(16-35-37(29,30)31)21-10-11-22-20-9-8-19-14-24(28)25(36-38(32,33)34)15-27(19,4)23(20)12-13-26(21,22)3/h8,17-18,20-25,28H,5-7,9-16H2,1-4H3,(H,29,30,31)(H,32,33,34)/t18-,20-,21+,22-,23-,24?,25?,26+,27-/m0/s1. The molecule has 3 N–H and O–H groups in total. The second-order valence-electron chi connectivity index (χ2n) is 13.3. The summed E-state index contributed by atoms with van der Waals surface area (Å²) in [5, 5.41) is 10.6. The molecule has 0 amide bonds. The lowest BCUT2D eigenvalue weighted by Gasteiger charge is -2.59. The summed E-state index contributed by atoms with van der Waals surface area (Å²) in [6, 6.07) is 0. The van der Waals surface area contributed by atoms with E-state index in [-0.39, 0.29) is 23.4 Å². The molecule has 9 atom stereocenters. The number of fused-ring (bicyclic) bond motifs is 5. The summed E-state index contributed by atoms with van der Waals surface area (Å²) >= 11 is 0. The zero-order valence-electron chi connectivity index (χ0n) is 23.1. The number of hydrogen-bond acceptors (Lipinski definition) is 7. The van der Waals surface area contributed by atoms with E-state index < -0.39 is 33.0 Å². The van der Waals surface area contributed by atoms with E-state index in [2.05, 4.69) is 33.8 Å². The predicted octanol–water partition coefficient (Wildman–Crippen LogP) is 4.99. The average molecular weight is 579 g/mol. The molecule has 0 aromatic heterocycles. The van der Waals surface area contributed by atoms with E-state index in [1.807, 2.05) is 0 Å². The van der Waals surface area contributed by atoms with Gasteiger partial charge in [0.25, 0.3) is 0 Å². The fourth-order valence-corrected chi connectivity index (χ4v) is 9.95. The summed E-state index contributed by atoms with van der Waals surface area (Å²) in [5.41, 5.74) is 0.862. The number of aliphatic hydroxyl groups excluding tert-OH is 1. The van der Waals surface area contributed by atoms with Crippen LogP contribution in [0.2, 0.25) is 0 Å². The van der Waals surface area contributed by atoms with Gasteiger partial charge in [0.2, 0.25) is 0 Å². The summed E-state index contributed by atoms with van der Waals surface area (Å²) in [6.07, 6.45) is 8.77. The van der Waals surface area contributed by atoms with E-state index in [0.29, 0.717) is 42.4 Å². The average Bonchev–Trinajstić information content (AvgIpc) is 3.12. The van der Waals surface area contributed by atoms with Gasteiger partial charge in [0.15, 0.2) is 0 Å². The van der Waals surface area contributed by atoms with Crippen molar-refractivity contribution in [3.63, 3.8) is 0 Å². The second-order valence-corrected chi connectivity index (χ2v) is 15.5. The third kappa shape index (κ3) is 6.34. The first kappa shape index (κ1) is 30.4. The van der Waals surface area contributed by atoms with Gasteiger partial charge in [0.1, 0.15) is 6.10 Å². The quantitative estimate of drug-likeness (QED) is 0.241. The summed E-state index contributed by atoms with van der Waals surface area (Å²) in [5.74, 6) is 2.05. The van der Waals surface area contributed by atoms with Crippen LogP contribution in [-0.4, -0.2) is 49.9 Å². The summed E-state index contributed by atoms with van der Waals surface area (Å²) in [4.78, 5) is 0. The molecule has 3 saturated carbocycles. The summed E-state index contributed by atoms with van der Waals surface area (Å²) in [6.45, 7) is 8.88. The lowest BCUT2D eigenvalue weighted by molar-refractivity contribution is -0.0853. The van der Waals surface area contributed by atoms with E-state index in [1.165, 1.54) is 0 Å². The monoisotopic (exact) mass is 578 g/mol. The van der Waals surface area contributed by atoms with E-state index >= 15 is 0 Å². The van der Waals surface area contributed by atoms with Gasteiger partial charge in [-0.3, -0.25) is 9.11 Å². The SMILES string of the molecule is CC(C)CCC[C@@H](COS(=O)(=O)O)[C@H]1CC[C@H]2[C@@H]3CC=C4CC(O)C(OS(=O)(=O)O)C[C@]4(C)[C@H]3CC[C@]12C. The number of aliphatic hydroxyl groups is 1. The van der Waals surface area contributed by atoms with Gasteiger partial charge in [-0.1, -0.05) is 52.2 Å². The first-order valence-electron chi connectivity index (χ1n) is 14.2. The molecule has 2 unspecified atom stereocenters. The predicted molar refractivity (Wildman–Crippen MR) is 143 cm³/mol. The van der Waals surface area contributed by atoms with Crippen LogP contribution in [0.15, 0.2) is 11.6 Å². The van der Waals surface area contributed by atoms with Crippen molar-refractivity contribution in [2.24, 2.45) is 46.3 Å². The molecule has 0 radical (unpaired) electrons. The summed E-state index contributed by atoms with van der Waals surface area (Å²) < 4.78 is 74.2. The molecular weight excluding hydrogens is 532 g/mol. The van der Waals surface area contributed by atoms with Gasteiger partial charge >= 0.3 is 20.8 Å². The van der Waals surface area contributed by atoms with Crippen LogP contribution in [0.25, 0.3) is 0 Å². The fourth-order valence-electron chi connectivity index (χ4n) is 9.10. The Morgan fingerprint density at radius 3 is 2.37 bits per heavy atom. The van der Waals surface area contributed by atoms with Gasteiger partial charge in [-0.25, -0.2) is 8.37 Å². The molecule has 9 nitrogen and oxygen atoms in total. The number of hydrogen-bond donors (Lipinski definition) is 3. The molecule has 4 rings (SSSR count). The smallest absolute Gasteiger partial charge is 0.390 e. The first-order valence-corrected chi connectivity index (χ1v) is 16.9. The highest BCUT2D eigenvalue weighted by atomic mass is 32.3. The molecule has 0 spiro atoms. The Bertz CT molecular complexity index is 1100. The molecule has 0 aliphatic heterocycles. The molecule has 4 aliphatic rings. The van der Waals surface area contributed by atoms with Crippen LogP contribution in [0.5, 0.6) is 0 Å². The van der Waals surface area contributed by atoms with Crippen LogP contribution in [0.1, 0.15) is 91.9 Å². The van der Waals surface area contributed by atoms with Gasteiger partial charge in [-0.2, -0.15) is 16.8 Å². The molecule has 220 valence electrons. The van der Waals surface area contributed by atoms with Crippen molar-refractivity contribution in [2.75, 3.05) is 6.61 Å². The second kappa shape index (κ2) is 11.0. The first-order chi connectivity index (χ1) is 17.5. The van der Waals surface area contributed by atoms with Gasteiger partial charge in [0, 0.05) is 0 Å². The summed E-state index contributed by atoms with van der Waals surface area (Å²) in [7, 11) is -9.18. The Labute approximate surface area is 228 Å². The third-order valence-electron chi connectivity index (χ3n) is 10.8. The van der Waals surface area contributed by atoms with Crippen LogP contribution < -0.4 is 0 Å². The van der Waals surface area contributed by atoms with Crippen LogP contribution >= 0.6 is 0 Å². The van der Waals surface area contributed by atoms with E-state index in [0.717, 1.165) is 56.9 Å². The lowest BCUT2D eigenvalue weighted by atomic mass is 9.46. The van der Waals surface area contributed by atoms with Gasteiger partial charge in [0.05, 0.1) is 12.7 Å². The minimum Gasteiger partial charge on any atom is -0.390 e. The molecule has 0 heterocycles. The highest BCUT2D eigenvalue weighted by molar-refractivity contribution is 7.81. The van der Waals surface area contributed by atoms with Crippen LogP contribution in [0, 0.1) is 46.3 Å². The fraction of sp³-hybridized carbons (Fsp3) is 0.926. The lowest BCUT2D eigenvalue weighted by Crippen LogP contribution is -2.54. The zero-order chi connectivity index (χ0) is 28.1. The van der Waals surface area contributed by atoms with Crippen LogP contribution in [0.4, 0.5) is 0 Å². The van der Waals surface area contributed by atoms with E-state index in [4.69, 9.17) is 8.37 Å². The number of rotatable bonds is 10. The van der Waals surface area contributed by atoms with E-state index in [1.54, 1.807) is 0 Å². The Morgan fingerprint density at radius 2 is 1.74 bits per heavy atom. The maximum Gasteiger partial charge on any atom is 0.397 e. The Kier molecular flexibility index (Phi) is 8.82. The minimum absolute atomic E-state index is 0.00626. The highest BCUT2D eigenvalue weighted by Crippen LogP contribution is 2.67. The molecule has 4 aliphatic carbocycles. The van der Waals surface area contributed by atoms with Crippen molar-refractivity contribution in [2.45, 2.75) is 104 Å². The van der Waals surface area contributed by atoms with Crippen LogP contribution in [0.3, 0.4) is 0 Å². The van der Waals surface area contributed by atoms with Gasteiger partial charge < -0.3 is 5.11 Å². The normalized spacial score (nSPS) is 40.3. The largest absolute Gasteiger partial charge is 0.397 e. The topological polar surface area (TPSA) is 147 Å². The van der Waals surface area contributed by atoms with Gasteiger partial charge in [-0.15, -0.1) is 0 Å². The molecule has 0 bridgehead atoms. The van der Waals surface area contributed by atoms with Crippen molar-refractivity contribution < 1.29 is 39.4 Å². The minimum atomic E-state index is -4.67. The molecular formula is C27H46O9S2. The van der Waals surface area contributed by atoms with Crippen molar-refractivity contribution >= 4 is 20.8 Å². The van der Waals surface area contributed by atoms with Crippen molar-refractivity contribution in [3.05, 3.63) is 11.6 Å². The van der Waals surface area contributed by atoms with Crippen molar-refractivity contribution in [1.82, 2.24) is 0 Å². The zero-order valence-corrected chi connectivity index (χ0v) is 24.7. The van der Waals surface area contributed by atoms with Gasteiger partial charge in [-0.05, 0) is 97.7 Å².